The number of anilines is 1. The quantitative estimate of drug-likeness (QED) is 0.859. The van der Waals surface area contributed by atoms with Crippen LogP contribution in [0.15, 0.2) is 24.4 Å². The molecule has 0 radical (unpaired) electrons. The molecule has 2 rings (SSSR count). The summed E-state index contributed by atoms with van der Waals surface area (Å²) < 4.78 is 0. The molecular formula is C10H12N4S. The summed E-state index contributed by atoms with van der Waals surface area (Å²) in [5.41, 5.74) is 0.875. The second-order valence-corrected chi connectivity index (χ2v) is 4.03. The van der Waals surface area contributed by atoms with Crippen LogP contribution >= 0.6 is 11.3 Å². The average Bonchev–Trinajstić information content (AvgIpc) is 2.76. The van der Waals surface area contributed by atoms with Crippen molar-refractivity contribution in [1.82, 2.24) is 15.2 Å². The van der Waals surface area contributed by atoms with Crippen LogP contribution < -0.4 is 5.32 Å². The molecule has 1 N–H and O–H groups in total. The molecule has 2 aromatic heterocycles. The number of rotatable bonds is 4. The highest BCUT2D eigenvalue weighted by Gasteiger charge is 2.05. The second-order valence-electron chi connectivity index (χ2n) is 3.05. The van der Waals surface area contributed by atoms with E-state index in [1.807, 2.05) is 18.2 Å². The van der Waals surface area contributed by atoms with Crippen molar-refractivity contribution in [2.75, 3.05) is 11.9 Å². The highest BCUT2D eigenvalue weighted by Crippen LogP contribution is 2.23. The number of hydrogen-bond donors (Lipinski definition) is 1. The van der Waals surface area contributed by atoms with Crippen molar-refractivity contribution in [3.05, 3.63) is 24.4 Å². The van der Waals surface area contributed by atoms with Gasteiger partial charge in [-0.2, -0.15) is 0 Å². The Morgan fingerprint density at radius 1 is 1.33 bits per heavy atom. The van der Waals surface area contributed by atoms with Gasteiger partial charge in [-0.1, -0.05) is 24.3 Å². The summed E-state index contributed by atoms with van der Waals surface area (Å²) >= 11 is 1.53. The minimum absolute atomic E-state index is 0.856. The van der Waals surface area contributed by atoms with Gasteiger partial charge in [-0.15, -0.1) is 10.2 Å². The standard InChI is InChI=1S/C10H12N4S/c1-2-6-12-10-14-13-9(15-10)8-5-3-4-7-11-8/h3-5,7H,2,6H2,1H3,(H,12,14). The molecule has 5 heteroatoms. The van der Waals surface area contributed by atoms with Gasteiger partial charge < -0.3 is 5.32 Å². The van der Waals surface area contributed by atoms with Gasteiger partial charge in [0.1, 0.15) is 5.69 Å². The molecule has 0 aromatic carbocycles. The van der Waals surface area contributed by atoms with E-state index >= 15 is 0 Å². The van der Waals surface area contributed by atoms with Crippen molar-refractivity contribution < 1.29 is 0 Å². The van der Waals surface area contributed by atoms with Crippen LogP contribution in [-0.2, 0) is 0 Å². The van der Waals surface area contributed by atoms with Gasteiger partial charge in [0.25, 0.3) is 0 Å². The van der Waals surface area contributed by atoms with Gasteiger partial charge in [0.15, 0.2) is 5.01 Å². The molecule has 15 heavy (non-hydrogen) atoms. The van der Waals surface area contributed by atoms with Gasteiger partial charge in [-0.3, -0.25) is 4.98 Å². The molecule has 2 aromatic rings. The first-order chi connectivity index (χ1) is 7.40. The van der Waals surface area contributed by atoms with E-state index in [2.05, 4.69) is 27.4 Å². The SMILES string of the molecule is CCCNc1nnc(-c2ccccn2)s1. The maximum Gasteiger partial charge on any atom is 0.206 e. The third-order valence-corrected chi connectivity index (χ3v) is 2.74. The lowest BCUT2D eigenvalue weighted by molar-refractivity contribution is 0.963. The van der Waals surface area contributed by atoms with Crippen LogP contribution in [0, 0.1) is 0 Å². The van der Waals surface area contributed by atoms with E-state index in [1.54, 1.807) is 6.20 Å². The highest BCUT2D eigenvalue weighted by molar-refractivity contribution is 7.18. The van der Waals surface area contributed by atoms with Crippen LogP contribution in [0.3, 0.4) is 0 Å². The van der Waals surface area contributed by atoms with Gasteiger partial charge in [0, 0.05) is 12.7 Å². The minimum atomic E-state index is 0.856. The summed E-state index contributed by atoms with van der Waals surface area (Å²) in [4.78, 5) is 4.22. The molecule has 0 aliphatic carbocycles. The van der Waals surface area contributed by atoms with E-state index < -0.39 is 0 Å². The monoisotopic (exact) mass is 220 g/mol. The predicted molar refractivity (Wildman–Crippen MR) is 61.9 cm³/mol. The molecule has 0 saturated carbocycles. The van der Waals surface area contributed by atoms with Crippen LogP contribution in [0.4, 0.5) is 5.13 Å². The number of pyridine rings is 1. The average molecular weight is 220 g/mol. The van der Waals surface area contributed by atoms with Crippen LogP contribution in [0.2, 0.25) is 0 Å². The lowest BCUT2D eigenvalue weighted by Gasteiger charge is -1.95. The fourth-order valence-electron chi connectivity index (χ4n) is 1.12. The Labute approximate surface area is 92.4 Å². The Bertz CT molecular complexity index is 412. The number of nitrogens with zero attached hydrogens (tertiary/aromatic N) is 3. The molecular weight excluding hydrogens is 208 g/mol. The van der Waals surface area contributed by atoms with Gasteiger partial charge >= 0.3 is 0 Å². The molecule has 0 unspecified atom stereocenters. The largest absolute Gasteiger partial charge is 0.360 e. The lowest BCUT2D eigenvalue weighted by Crippen LogP contribution is -1.98. The molecule has 0 fully saturated rings. The minimum Gasteiger partial charge on any atom is -0.360 e. The zero-order valence-corrected chi connectivity index (χ0v) is 9.29. The molecule has 0 bridgehead atoms. The third-order valence-electron chi connectivity index (χ3n) is 1.84. The Hall–Kier alpha value is -1.49. The summed E-state index contributed by atoms with van der Waals surface area (Å²) in [5, 5.41) is 13.0. The van der Waals surface area contributed by atoms with Crippen LogP contribution in [0.5, 0.6) is 0 Å². The predicted octanol–water partition coefficient (Wildman–Crippen LogP) is 2.42. The van der Waals surface area contributed by atoms with Crippen molar-refractivity contribution in [1.29, 1.82) is 0 Å². The molecule has 0 aliphatic rings. The van der Waals surface area contributed by atoms with Crippen LogP contribution in [0.25, 0.3) is 10.7 Å². The molecule has 4 nitrogen and oxygen atoms in total. The first-order valence-corrected chi connectivity index (χ1v) is 5.70. The maximum atomic E-state index is 4.22. The van der Waals surface area contributed by atoms with E-state index in [0.29, 0.717) is 0 Å². The van der Waals surface area contributed by atoms with Crippen LogP contribution in [-0.4, -0.2) is 21.7 Å². The van der Waals surface area contributed by atoms with Crippen molar-refractivity contribution in [2.24, 2.45) is 0 Å². The zero-order valence-electron chi connectivity index (χ0n) is 8.47. The summed E-state index contributed by atoms with van der Waals surface area (Å²) in [6.07, 6.45) is 2.84. The Balaban J connectivity index is 2.14. The molecule has 2 heterocycles. The molecule has 0 saturated heterocycles. The first-order valence-electron chi connectivity index (χ1n) is 4.89. The van der Waals surface area contributed by atoms with E-state index in [9.17, 15) is 0 Å². The van der Waals surface area contributed by atoms with E-state index in [4.69, 9.17) is 0 Å². The molecule has 0 aliphatic heterocycles. The Kier molecular flexibility index (Phi) is 3.24. The van der Waals surface area contributed by atoms with E-state index in [-0.39, 0.29) is 0 Å². The van der Waals surface area contributed by atoms with Crippen molar-refractivity contribution in [2.45, 2.75) is 13.3 Å². The molecule has 0 amide bonds. The fourth-order valence-corrected chi connectivity index (χ4v) is 1.87. The summed E-state index contributed by atoms with van der Waals surface area (Å²) in [6.45, 7) is 3.05. The Morgan fingerprint density at radius 2 is 2.27 bits per heavy atom. The fraction of sp³-hybridized carbons (Fsp3) is 0.300. The molecule has 78 valence electrons. The normalized spacial score (nSPS) is 10.2. The van der Waals surface area contributed by atoms with Gasteiger partial charge in [0.05, 0.1) is 0 Å². The Morgan fingerprint density at radius 3 is 3.00 bits per heavy atom. The van der Waals surface area contributed by atoms with E-state index in [0.717, 1.165) is 28.8 Å². The lowest BCUT2D eigenvalue weighted by atomic mass is 10.4. The van der Waals surface area contributed by atoms with E-state index in [1.165, 1.54) is 11.3 Å². The van der Waals surface area contributed by atoms with Crippen LogP contribution in [0.1, 0.15) is 13.3 Å². The smallest absolute Gasteiger partial charge is 0.206 e. The molecule has 0 atom stereocenters. The third kappa shape index (κ3) is 2.50. The first kappa shape index (κ1) is 10.0. The van der Waals surface area contributed by atoms with Crippen molar-refractivity contribution in [3.8, 4) is 10.7 Å². The highest BCUT2D eigenvalue weighted by atomic mass is 32.1. The van der Waals surface area contributed by atoms with Crippen molar-refractivity contribution in [3.63, 3.8) is 0 Å². The summed E-state index contributed by atoms with van der Waals surface area (Å²) in [5.74, 6) is 0. The van der Waals surface area contributed by atoms with Gasteiger partial charge in [-0.25, -0.2) is 0 Å². The summed E-state index contributed by atoms with van der Waals surface area (Å²) in [7, 11) is 0. The number of aromatic nitrogens is 3. The maximum absolute atomic E-state index is 4.22. The summed E-state index contributed by atoms with van der Waals surface area (Å²) in [6, 6.07) is 5.77. The number of hydrogen-bond acceptors (Lipinski definition) is 5. The van der Waals surface area contributed by atoms with Gasteiger partial charge in [-0.05, 0) is 18.6 Å². The number of nitrogens with one attached hydrogen (secondary N) is 1. The zero-order chi connectivity index (χ0) is 10.5. The second kappa shape index (κ2) is 4.84. The topological polar surface area (TPSA) is 50.7 Å². The molecule has 0 spiro atoms. The van der Waals surface area contributed by atoms with Gasteiger partial charge in [0.2, 0.25) is 5.13 Å². The van der Waals surface area contributed by atoms with Crippen molar-refractivity contribution >= 4 is 16.5 Å².